The number of nitrogen functional groups attached to an aromatic ring is 1. The van der Waals surface area contributed by atoms with Crippen molar-refractivity contribution in [2.24, 2.45) is 0 Å². The van der Waals surface area contributed by atoms with Crippen LogP contribution in [0.3, 0.4) is 0 Å². The molecule has 0 aromatic carbocycles. The summed E-state index contributed by atoms with van der Waals surface area (Å²) >= 11 is 0. The molecule has 0 aliphatic heterocycles. The zero-order chi connectivity index (χ0) is 13.2. The van der Waals surface area contributed by atoms with Crippen molar-refractivity contribution in [3.8, 4) is 0 Å². The van der Waals surface area contributed by atoms with E-state index < -0.39 is 0 Å². The molecule has 2 aromatic rings. The largest absolute Gasteiger partial charge is 0.384 e. The zero-order valence-electron chi connectivity index (χ0n) is 10.8. The highest BCUT2D eigenvalue weighted by Crippen LogP contribution is 2.38. The fraction of sp³-hybridized carbons (Fsp3) is 0.385. The van der Waals surface area contributed by atoms with Gasteiger partial charge in [-0.3, -0.25) is 9.97 Å². The van der Waals surface area contributed by atoms with Gasteiger partial charge in [0.15, 0.2) is 0 Å². The van der Waals surface area contributed by atoms with Gasteiger partial charge in [-0.15, -0.1) is 0 Å². The van der Waals surface area contributed by atoms with Crippen LogP contribution in [0.1, 0.15) is 36.0 Å². The molecule has 1 aliphatic rings. The zero-order valence-corrected chi connectivity index (χ0v) is 10.8. The molecule has 0 spiro atoms. The molecule has 0 atom stereocenters. The summed E-state index contributed by atoms with van der Waals surface area (Å²) < 4.78 is 0. The van der Waals surface area contributed by atoms with Crippen LogP contribution in [0.4, 0.5) is 11.6 Å². The van der Waals surface area contributed by atoms with Crippen LogP contribution in [0, 0.1) is 6.92 Å². The molecule has 98 valence electrons. The van der Waals surface area contributed by atoms with Gasteiger partial charge in [0.2, 0.25) is 0 Å². The molecule has 0 amide bonds. The Bertz CT molecular complexity index is 576. The minimum absolute atomic E-state index is 0.489. The Balaban J connectivity index is 1.70. The molecule has 3 rings (SSSR count). The number of anilines is 2. The van der Waals surface area contributed by atoms with Gasteiger partial charge in [-0.2, -0.15) is 0 Å². The van der Waals surface area contributed by atoms with Gasteiger partial charge in [0.05, 0.1) is 24.1 Å². The Morgan fingerprint density at radius 3 is 2.79 bits per heavy atom. The van der Waals surface area contributed by atoms with Gasteiger partial charge < -0.3 is 11.1 Å². The van der Waals surface area contributed by atoms with Crippen molar-refractivity contribution in [1.29, 1.82) is 0 Å². The summed E-state index contributed by atoms with van der Waals surface area (Å²) in [7, 11) is 0. The number of hydrogen-bond donors (Lipinski definition) is 2. The number of hydrogen-bond acceptors (Lipinski definition) is 6. The first-order valence-electron chi connectivity index (χ1n) is 6.36. The van der Waals surface area contributed by atoms with Crippen molar-refractivity contribution >= 4 is 11.6 Å². The van der Waals surface area contributed by atoms with Crippen LogP contribution in [0.15, 0.2) is 18.5 Å². The molecule has 0 unspecified atom stereocenters. The molecule has 0 bridgehead atoms. The lowest BCUT2D eigenvalue weighted by atomic mass is 10.3. The molecule has 0 radical (unpaired) electrons. The lowest BCUT2D eigenvalue weighted by molar-refractivity contribution is 0.917. The molecular weight excluding hydrogens is 240 g/mol. The number of nitrogens with two attached hydrogens (primary N) is 1. The van der Waals surface area contributed by atoms with Crippen LogP contribution < -0.4 is 11.1 Å². The highest BCUT2D eigenvalue weighted by atomic mass is 15.1. The van der Waals surface area contributed by atoms with E-state index in [0.717, 1.165) is 35.9 Å². The third-order valence-electron chi connectivity index (χ3n) is 2.99. The third kappa shape index (κ3) is 2.96. The Morgan fingerprint density at radius 1 is 1.26 bits per heavy atom. The van der Waals surface area contributed by atoms with E-state index in [0.29, 0.717) is 18.3 Å². The number of nitrogens with zero attached hydrogens (tertiary/aromatic N) is 4. The second-order valence-corrected chi connectivity index (χ2v) is 4.81. The first-order chi connectivity index (χ1) is 9.20. The first kappa shape index (κ1) is 11.8. The molecule has 1 aliphatic carbocycles. The van der Waals surface area contributed by atoms with Crippen LogP contribution in [-0.4, -0.2) is 19.9 Å². The van der Waals surface area contributed by atoms with Gasteiger partial charge >= 0.3 is 0 Å². The van der Waals surface area contributed by atoms with Crippen molar-refractivity contribution in [2.45, 2.75) is 32.2 Å². The van der Waals surface area contributed by atoms with Crippen LogP contribution in [0.2, 0.25) is 0 Å². The van der Waals surface area contributed by atoms with Crippen LogP contribution >= 0.6 is 0 Å². The van der Waals surface area contributed by atoms with Crippen molar-refractivity contribution in [3.63, 3.8) is 0 Å². The van der Waals surface area contributed by atoms with Crippen molar-refractivity contribution in [1.82, 2.24) is 19.9 Å². The van der Waals surface area contributed by atoms with Crippen LogP contribution in [-0.2, 0) is 6.54 Å². The maximum Gasteiger partial charge on any atom is 0.136 e. The predicted octanol–water partition coefficient (Wildman–Crippen LogP) is 1.65. The maximum atomic E-state index is 5.79. The summed E-state index contributed by atoms with van der Waals surface area (Å²) in [5.74, 6) is 2.59. The summed E-state index contributed by atoms with van der Waals surface area (Å²) in [4.78, 5) is 17.2. The normalized spacial score (nSPS) is 14.4. The van der Waals surface area contributed by atoms with E-state index in [-0.39, 0.29) is 0 Å². The lowest BCUT2D eigenvalue weighted by Gasteiger charge is -2.07. The molecule has 6 heteroatoms. The van der Waals surface area contributed by atoms with E-state index in [1.807, 2.05) is 6.92 Å². The first-order valence-corrected chi connectivity index (χ1v) is 6.36. The summed E-state index contributed by atoms with van der Waals surface area (Å²) in [6.45, 7) is 2.49. The Morgan fingerprint density at radius 2 is 2.11 bits per heavy atom. The van der Waals surface area contributed by atoms with Crippen LogP contribution in [0.25, 0.3) is 0 Å². The highest BCUT2D eigenvalue weighted by Gasteiger charge is 2.27. The Kier molecular flexibility index (Phi) is 2.98. The minimum Gasteiger partial charge on any atom is -0.384 e. The quantitative estimate of drug-likeness (QED) is 0.864. The number of aryl methyl sites for hydroxylation is 1. The van der Waals surface area contributed by atoms with Gasteiger partial charge in [-0.25, -0.2) is 9.97 Å². The standard InChI is InChI=1S/C13H16N6/c1-8-5-16-10(6-15-8)7-17-12-4-11(14)18-13(19-12)9-2-3-9/h4-6,9H,2-3,7H2,1H3,(H3,14,17,18,19). The smallest absolute Gasteiger partial charge is 0.136 e. The number of nitrogens with one attached hydrogen (secondary N) is 1. The Labute approximate surface area is 111 Å². The third-order valence-corrected chi connectivity index (χ3v) is 2.99. The highest BCUT2D eigenvalue weighted by molar-refractivity contribution is 5.45. The van der Waals surface area contributed by atoms with Crippen LogP contribution in [0.5, 0.6) is 0 Å². The van der Waals surface area contributed by atoms with Crippen molar-refractivity contribution < 1.29 is 0 Å². The molecule has 19 heavy (non-hydrogen) atoms. The number of rotatable bonds is 4. The van der Waals surface area contributed by atoms with E-state index in [1.165, 1.54) is 0 Å². The average molecular weight is 256 g/mol. The molecule has 0 saturated heterocycles. The van der Waals surface area contributed by atoms with E-state index in [4.69, 9.17) is 5.73 Å². The SMILES string of the molecule is Cc1cnc(CNc2cc(N)nc(C3CC3)n2)cn1. The van der Waals surface area contributed by atoms with E-state index >= 15 is 0 Å². The summed E-state index contributed by atoms with van der Waals surface area (Å²) in [5.41, 5.74) is 7.57. The monoisotopic (exact) mass is 256 g/mol. The predicted molar refractivity (Wildman–Crippen MR) is 72.5 cm³/mol. The molecule has 1 saturated carbocycles. The van der Waals surface area contributed by atoms with Gasteiger partial charge in [0.25, 0.3) is 0 Å². The molecular formula is C13H16N6. The number of aromatic nitrogens is 4. The van der Waals surface area contributed by atoms with Crippen molar-refractivity contribution in [2.75, 3.05) is 11.1 Å². The topological polar surface area (TPSA) is 89.6 Å². The molecule has 2 aromatic heterocycles. The molecule has 1 fully saturated rings. The van der Waals surface area contributed by atoms with Crippen molar-refractivity contribution in [3.05, 3.63) is 35.7 Å². The minimum atomic E-state index is 0.489. The van der Waals surface area contributed by atoms with Gasteiger partial charge in [-0.1, -0.05) is 0 Å². The summed E-state index contributed by atoms with van der Waals surface area (Å²) in [5, 5.41) is 3.21. The summed E-state index contributed by atoms with van der Waals surface area (Å²) in [6.07, 6.45) is 5.83. The average Bonchev–Trinajstić information content (AvgIpc) is 3.22. The fourth-order valence-electron chi connectivity index (χ4n) is 1.79. The van der Waals surface area contributed by atoms with Gasteiger partial charge in [0, 0.05) is 18.2 Å². The van der Waals surface area contributed by atoms with E-state index in [2.05, 4.69) is 25.3 Å². The lowest BCUT2D eigenvalue weighted by Crippen LogP contribution is -2.07. The summed E-state index contributed by atoms with van der Waals surface area (Å²) in [6, 6.07) is 1.74. The van der Waals surface area contributed by atoms with E-state index in [9.17, 15) is 0 Å². The maximum absolute atomic E-state index is 5.79. The fourth-order valence-corrected chi connectivity index (χ4v) is 1.79. The second kappa shape index (κ2) is 4.79. The molecule has 6 nitrogen and oxygen atoms in total. The Hall–Kier alpha value is -2.24. The van der Waals surface area contributed by atoms with E-state index in [1.54, 1.807) is 18.5 Å². The van der Waals surface area contributed by atoms with Gasteiger partial charge in [0.1, 0.15) is 17.5 Å². The molecule has 3 N–H and O–H groups in total. The second-order valence-electron chi connectivity index (χ2n) is 4.81. The molecule has 2 heterocycles. The van der Waals surface area contributed by atoms with Gasteiger partial charge in [-0.05, 0) is 19.8 Å².